The van der Waals surface area contributed by atoms with Crippen LogP contribution in [0.25, 0.3) is 10.6 Å². The number of thiazole rings is 1. The van der Waals surface area contributed by atoms with Crippen LogP contribution in [0, 0.1) is 0 Å². The Hall–Kier alpha value is -1.14. The van der Waals surface area contributed by atoms with Crippen molar-refractivity contribution in [3.8, 4) is 10.6 Å². The van der Waals surface area contributed by atoms with Crippen molar-refractivity contribution in [3.05, 3.63) is 28.1 Å². The highest BCUT2D eigenvalue weighted by atomic mass is 32.2. The summed E-state index contributed by atoms with van der Waals surface area (Å²) in [6.07, 6.45) is 5.27. The van der Waals surface area contributed by atoms with Crippen LogP contribution in [0.3, 0.4) is 0 Å². The lowest BCUT2D eigenvalue weighted by atomic mass is 10.4. The van der Waals surface area contributed by atoms with Gasteiger partial charge in [-0.05, 0) is 12.3 Å². The smallest absolute Gasteiger partial charge is 0.305 e. The Bertz CT molecular complexity index is 491. The third-order valence-electron chi connectivity index (χ3n) is 1.59. The summed E-state index contributed by atoms with van der Waals surface area (Å²) >= 11 is 2.63. The van der Waals surface area contributed by atoms with Crippen molar-refractivity contribution in [2.45, 2.75) is 5.16 Å². The fourth-order valence-corrected chi connectivity index (χ4v) is 2.00. The molecule has 2 rings (SSSR count). The van der Waals surface area contributed by atoms with Crippen molar-refractivity contribution >= 4 is 23.1 Å². The normalized spacial score (nSPS) is 10.4. The number of nitrogens with one attached hydrogen (secondary N) is 1. The first-order valence-corrected chi connectivity index (χ1v) is 5.89. The second kappa shape index (κ2) is 3.93. The van der Waals surface area contributed by atoms with E-state index < -0.39 is 0 Å². The lowest BCUT2D eigenvalue weighted by Gasteiger charge is -1.97. The number of aromatic nitrogens is 3. The first-order chi connectivity index (χ1) is 6.79. The van der Waals surface area contributed by atoms with Crippen molar-refractivity contribution in [1.82, 2.24) is 15.0 Å². The Morgan fingerprint density at radius 2 is 2.43 bits per heavy atom. The van der Waals surface area contributed by atoms with E-state index in [2.05, 4.69) is 15.0 Å². The zero-order chi connectivity index (χ0) is 9.97. The Kier molecular flexibility index (Phi) is 2.64. The van der Waals surface area contributed by atoms with Crippen molar-refractivity contribution in [1.29, 1.82) is 0 Å². The van der Waals surface area contributed by atoms with Crippen LogP contribution < -0.4 is 4.87 Å². The predicted octanol–water partition coefficient (Wildman–Crippen LogP) is 1.62. The lowest BCUT2D eigenvalue weighted by Crippen LogP contribution is -1.88. The third kappa shape index (κ3) is 1.85. The highest BCUT2D eigenvalue weighted by molar-refractivity contribution is 7.98. The highest BCUT2D eigenvalue weighted by Gasteiger charge is 2.03. The van der Waals surface area contributed by atoms with Gasteiger partial charge in [-0.25, -0.2) is 9.97 Å². The number of hydrogen-bond acceptors (Lipinski definition) is 5. The molecule has 0 unspecified atom stereocenters. The molecule has 0 saturated carbocycles. The molecule has 6 heteroatoms. The van der Waals surface area contributed by atoms with Gasteiger partial charge in [0.2, 0.25) is 0 Å². The molecule has 0 bridgehead atoms. The molecule has 4 nitrogen and oxygen atoms in total. The minimum absolute atomic E-state index is 0.0655. The van der Waals surface area contributed by atoms with E-state index in [-0.39, 0.29) is 4.87 Å². The first kappa shape index (κ1) is 9.42. The third-order valence-corrected chi connectivity index (χ3v) is 3.00. The van der Waals surface area contributed by atoms with Gasteiger partial charge in [0.25, 0.3) is 0 Å². The predicted molar refractivity (Wildman–Crippen MR) is 57.7 cm³/mol. The van der Waals surface area contributed by atoms with Gasteiger partial charge in [0, 0.05) is 12.4 Å². The van der Waals surface area contributed by atoms with Crippen LogP contribution in [0.1, 0.15) is 0 Å². The molecule has 0 saturated heterocycles. The Morgan fingerprint density at radius 3 is 3.07 bits per heavy atom. The van der Waals surface area contributed by atoms with Gasteiger partial charge in [0.1, 0.15) is 0 Å². The number of hydrogen-bond donors (Lipinski definition) is 1. The molecule has 2 heterocycles. The maximum atomic E-state index is 10.9. The van der Waals surface area contributed by atoms with Gasteiger partial charge in [-0.3, -0.25) is 4.79 Å². The van der Waals surface area contributed by atoms with Gasteiger partial charge in [0.15, 0.2) is 5.16 Å². The molecule has 0 aromatic carbocycles. The van der Waals surface area contributed by atoms with Crippen LogP contribution in [0.4, 0.5) is 0 Å². The van der Waals surface area contributed by atoms with E-state index in [4.69, 9.17) is 0 Å². The van der Waals surface area contributed by atoms with Gasteiger partial charge in [-0.15, -0.1) is 0 Å². The molecule has 0 fully saturated rings. The minimum Gasteiger partial charge on any atom is -0.319 e. The maximum Gasteiger partial charge on any atom is 0.305 e. The quantitative estimate of drug-likeness (QED) is 0.623. The average Bonchev–Trinajstić information content (AvgIpc) is 2.65. The van der Waals surface area contributed by atoms with E-state index >= 15 is 0 Å². The highest BCUT2D eigenvalue weighted by Crippen LogP contribution is 2.19. The number of H-pyrrole nitrogens is 1. The average molecular weight is 225 g/mol. The van der Waals surface area contributed by atoms with Crippen LogP contribution in [0.2, 0.25) is 0 Å². The van der Waals surface area contributed by atoms with Crippen LogP contribution in [-0.2, 0) is 0 Å². The fraction of sp³-hybridized carbons (Fsp3) is 0.125. The second-order valence-electron chi connectivity index (χ2n) is 2.47. The molecule has 72 valence electrons. The number of nitrogens with zero attached hydrogens (tertiary/aromatic N) is 2. The Labute approximate surface area is 88.4 Å². The topological polar surface area (TPSA) is 58.6 Å². The Morgan fingerprint density at radius 1 is 1.57 bits per heavy atom. The zero-order valence-corrected chi connectivity index (χ0v) is 8.98. The molecule has 0 atom stereocenters. The van der Waals surface area contributed by atoms with Crippen molar-refractivity contribution in [3.63, 3.8) is 0 Å². The largest absolute Gasteiger partial charge is 0.319 e. The molecule has 2 aromatic heterocycles. The van der Waals surface area contributed by atoms with Crippen molar-refractivity contribution in [2.24, 2.45) is 0 Å². The Balaban J connectivity index is 2.46. The van der Waals surface area contributed by atoms with Crippen LogP contribution in [-0.4, -0.2) is 21.2 Å². The minimum atomic E-state index is -0.0655. The summed E-state index contributed by atoms with van der Waals surface area (Å²) in [5.41, 5.74) is 0.785. The zero-order valence-electron chi connectivity index (χ0n) is 7.35. The van der Waals surface area contributed by atoms with Gasteiger partial charge >= 0.3 is 4.87 Å². The van der Waals surface area contributed by atoms with Crippen LogP contribution in [0.5, 0.6) is 0 Å². The molecule has 0 aliphatic rings. The number of aromatic amines is 1. The first-order valence-electron chi connectivity index (χ1n) is 3.85. The molecule has 0 aliphatic heterocycles. The summed E-state index contributed by atoms with van der Waals surface area (Å²) in [6, 6.07) is 1.79. The molecule has 0 aliphatic carbocycles. The monoisotopic (exact) mass is 225 g/mol. The van der Waals surface area contributed by atoms with Crippen LogP contribution in [0.15, 0.2) is 28.4 Å². The molecule has 0 spiro atoms. The molecule has 0 amide bonds. The van der Waals surface area contributed by atoms with Gasteiger partial charge in [-0.1, -0.05) is 23.1 Å². The standard InChI is InChI=1S/C8H7N3OS2/c1-13-7-9-3-2-5(11-7)6-4-10-8(12)14-6/h2-4H,1H3,(H,10,12). The van der Waals surface area contributed by atoms with Crippen molar-refractivity contribution < 1.29 is 0 Å². The summed E-state index contributed by atoms with van der Waals surface area (Å²) in [4.78, 5) is 22.6. The van der Waals surface area contributed by atoms with E-state index in [1.807, 2.05) is 6.26 Å². The fourth-order valence-electron chi connectivity index (χ4n) is 0.986. The van der Waals surface area contributed by atoms with E-state index in [0.717, 1.165) is 21.9 Å². The van der Waals surface area contributed by atoms with E-state index in [1.165, 1.54) is 11.8 Å². The van der Waals surface area contributed by atoms with Gasteiger partial charge in [-0.2, -0.15) is 0 Å². The van der Waals surface area contributed by atoms with E-state index in [0.29, 0.717) is 5.16 Å². The number of thioether (sulfide) groups is 1. The van der Waals surface area contributed by atoms with Crippen LogP contribution >= 0.6 is 23.1 Å². The molecule has 0 radical (unpaired) electrons. The summed E-state index contributed by atoms with van der Waals surface area (Å²) < 4.78 is 0. The molecule has 1 N–H and O–H groups in total. The molecule has 2 aromatic rings. The second-order valence-corrected chi connectivity index (χ2v) is 4.26. The summed E-state index contributed by atoms with van der Waals surface area (Å²) in [5.74, 6) is 0. The maximum absolute atomic E-state index is 10.9. The van der Waals surface area contributed by atoms with Crippen molar-refractivity contribution in [2.75, 3.05) is 6.26 Å². The molecular weight excluding hydrogens is 218 g/mol. The SMILES string of the molecule is CSc1nccc(-c2c[nH]c(=O)s2)n1. The summed E-state index contributed by atoms with van der Waals surface area (Å²) in [5, 5.41) is 0.711. The number of rotatable bonds is 2. The van der Waals surface area contributed by atoms with E-state index in [1.54, 1.807) is 18.5 Å². The van der Waals surface area contributed by atoms with Gasteiger partial charge in [0.05, 0.1) is 10.6 Å². The van der Waals surface area contributed by atoms with E-state index in [9.17, 15) is 4.79 Å². The summed E-state index contributed by atoms with van der Waals surface area (Å²) in [6.45, 7) is 0. The lowest BCUT2D eigenvalue weighted by molar-refractivity contribution is 0.978. The molecule has 14 heavy (non-hydrogen) atoms. The molecular formula is C8H7N3OS2. The summed E-state index contributed by atoms with van der Waals surface area (Å²) in [7, 11) is 0. The van der Waals surface area contributed by atoms with Gasteiger partial charge < -0.3 is 4.98 Å².